The Hall–Kier alpha value is -0.850. The van der Waals surface area contributed by atoms with Crippen LogP contribution in [0.5, 0.6) is 0 Å². The first-order valence-corrected chi connectivity index (χ1v) is 9.80. The van der Waals surface area contributed by atoms with Crippen LogP contribution in [0.1, 0.15) is 72.1 Å². The minimum Gasteiger partial charge on any atom is -0.310 e. The fraction of sp³-hybridized carbons (Fsp3) is 0.773. The van der Waals surface area contributed by atoms with Crippen molar-refractivity contribution in [1.29, 1.82) is 5.41 Å². The minimum absolute atomic E-state index is 0.428. The summed E-state index contributed by atoms with van der Waals surface area (Å²) in [5.74, 6) is 3.12. The molecular weight excluding hydrogens is 278 g/mol. The topological polar surface area (TPSA) is 23.9 Å². The van der Waals surface area contributed by atoms with Crippen LogP contribution < -0.4 is 0 Å². The number of hydrogen-bond acceptors (Lipinski definition) is 1. The molecule has 23 heavy (non-hydrogen) atoms. The van der Waals surface area contributed by atoms with E-state index in [-0.39, 0.29) is 0 Å². The first-order valence-electron chi connectivity index (χ1n) is 9.80. The highest BCUT2D eigenvalue weighted by Gasteiger charge is 2.60. The van der Waals surface area contributed by atoms with E-state index in [1.165, 1.54) is 56.9 Å². The summed E-state index contributed by atoms with van der Waals surface area (Å²) < 4.78 is 0. The lowest BCUT2D eigenvalue weighted by Gasteiger charge is -2.61. The molecule has 4 aliphatic rings. The number of rotatable bonds is 1. The van der Waals surface area contributed by atoms with Crippen LogP contribution in [0.15, 0.2) is 23.8 Å². The van der Waals surface area contributed by atoms with E-state index in [0.29, 0.717) is 16.7 Å². The SMILES string of the molecule is C=C1C=C2CCC3(C)C4CCC(C(C)=N)C4CCC3C2(C)CC1. The molecule has 4 aliphatic carbocycles. The van der Waals surface area contributed by atoms with Gasteiger partial charge in [-0.3, -0.25) is 0 Å². The molecule has 0 amide bonds. The third-order valence-electron chi connectivity index (χ3n) is 8.59. The van der Waals surface area contributed by atoms with Crippen LogP contribution >= 0.6 is 0 Å². The average Bonchev–Trinajstić information content (AvgIpc) is 2.93. The first kappa shape index (κ1) is 15.7. The third-order valence-corrected chi connectivity index (χ3v) is 8.59. The van der Waals surface area contributed by atoms with Crippen LogP contribution in [-0.2, 0) is 0 Å². The van der Waals surface area contributed by atoms with Crippen LogP contribution in [-0.4, -0.2) is 5.71 Å². The van der Waals surface area contributed by atoms with Crippen LogP contribution in [0.25, 0.3) is 0 Å². The Bertz CT molecular complexity index is 585. The Kier molecular flexibility index (Phi) is 3.45. The quantitative estimate of drug-likeness (QED) is 0.561. The van der Waals surface area contributed by atoms with Crippen molar-refractivity contribution >= 4 is 5.71 Å². The van der Waals surface area contributed by atoms with Gasteiger partial charge < -0.3 is 5.41 Å². The molecule has 1 nitrogen and oxygen atoms in total. The average molecular weight is 312 g/mol. The third kappa shape index (κ3) is 2.07. The summed E-state index contributed by atoms with van der Waals surface area (Å²) in [6.45, 7) is 11.5. The molecule has 0 aromatic carbocycles. The zero-order valence-corrected chi connectivity index (χ0v) is 15.3. The lowest BCUT2D eigenvalue weighted by atomic mass is 9.43. The second-order valence-electron chi connectivity index (χ2n) is 9.52. The first-order chi connectivity index (χ1) is 10.9. The van der Waals surface area contributed by atoms with Crippen LogP contribution in [0.3, 0.4) is 0 Å². The van der Waals surface area contributed by atoms with E-state index >= 15 is 0 Å². The van der Waals surface area contributed by atoms with E-state index in [2.05, 4.69) is 33.4 Å². The molecule has 3 saturated carbocycles. The lowest BCUT2D eigenvalue weighted by Crippen LogP contribution is -2.53. The van der Waals surface area contributed by atoms with Crippen LogP contribution in [0, 0.1) is 39.9 Å². The maximum Gasteiger partial charge on any atom is 0.00919 e. The molecule has 0 saturated heterocycles. The fourth-order valence-corrected chi connectivity index (χ4v) is 7.40. The van der Waals surface area contributed by atoms with E-state index in [4.69, 9.17) is 5.41 Å². The maximum absolute atomic E-state index is 8.20. The Morgan fingerprint density at radius 3 is 2.65 bits per heavy atom. The Morgan fingerprint density at radius 2 is 1.91 bits per heavy atom. The molecule has 0 aromatic rings. The Labute approximate surface area is 142 Å². The van der Waals surface area contributed by atoms with Gasteiger partial charge in [0.25, 0.3) is 0 Å². The summed E-state index contributed by atoms with van der Waals surface area (Å²) in [6.07, 6.45) is 13.1. The molecule has 4 rings (SSSR count). The molecule has 126 valence electrons. The summed E-state index contributed by atoms with van der Waals surface area (Å²) in [4.78, 5) is 0. The molecule has 0 bridgehead atoms. The van der Waals surface area contributed by atoms with Crippen molar-refractivity contribution in [2.45, 2.75) is 72.1 Å². The van der Waals surface area contributed by atoms with Gasteiger partial charge in [-0.15, -0.1) is 0 Å². The summed E-state index contributed by atoms with van der Waals surface area (Å²) in [6, 6.07) is 0. The molecule has 1 N–H and O–H groups in total. The van der Waals surface area contributed by atoms with Gasteiger partial charge in [-0.1, -0.05) is 37.6 Å². The van der Waals surface area contributed by atoms with Gasteiger partial charge in [0.1, 0.15) is 0 Å². The highest BCUT2D eigenvalue weighted by Crippen LogP contribution is 2.68. The highest BCUT2D eigenvalue weighted by molar-refractivity contribution is 5.81. The highest BCUT2D eigenvalue weighted by atomic mass is 14.6. The van der Waals surface area contributed by atoms with Crippen molar-refractivity contribution in [1.82, 2.24) is 0 Å². The van der Waals surface area contributed by atoms with Gasteiger partial charge in [0, 0.05) is 5.71 Å². The molecule has 0 radical (unpaired) electrons. The van der Waals surface area contributed by atoms with E-state index in [1.54, 1.807) is 5.57 Å². The van der Waals surface area contributed by atoms with Crippen molar-refractivity contribution < 1.29 is 0 Å². The Morgan fingerprint density at radius 1 is 1.13 bits per heavy atom. The molecule has 0 aliphatic heterocycles. The molecule has 0 aromatic heterocycles. The molecular formula is C22H33N. The summed E-state index contributed by atoms with van der Waals surface area (Å²) in [5.41, 5.74) is 4.97. The van der Waals surface area contributed by atoms with Crippen molar-refractivity contribution in [3.05, 3.63) is 23.8 Å². The molecule has 0 heterocycles. The summed E-state index contributed by atoms with van der Waals surface area (Å²) in [5, 5.41) is 8.20. The van der Waals surface area contributed by atoms with Gasteiger partial charge in [-0.25, -0.2) is 0 Å². The fourth-order valence-electron chi connectivity index (χ4n) is 7.40. The van der Waals surface area contributed by atoms with Gasteiger partial charge in [-0.2, -0.15) is 0 Å². The van der Waals surface area contributed by atoms with E-state index in [9.17, 15) is 0 Å². The molecule has 1 heteroatoms. The van der Waals surface area contributed by atoms with Crippen molar-refractivity contribution in [3.8, 4) is 0 Å². The van der Waals surface area contributed by atoms with Gasteiger partial charge in [0.05, 0.1) is 0 Å². The van der Waals surface area contributed by atoms with Gasteiger partial charge >= 0.3 is 0 Å². The molecule has 3 fully saturated rings. The van der Waals surface area contributed by atoms with E-state index in [0.717, 1.165) is 23.5 Å². The van der Waals surface area contributed by atoms with Crippen LogP contribution in [0.2, 0.25) is 0 Å². The van der Waals surface area contributed by atoms with Crippen molar-refractivity contribution in [2.75, 3.05) is 0 Å². The monoisotopic (exact) mass is 311 g/mol. The second kappa shape index (κ2) is 5.07. The smallest absolute Gasteiger partial charge is 0.00919 e. The second-order valence-corrected chi connectivity index (χ2v) is 9.52. The zero-order chi connectivity index (χ0) is 16.4. The molecule has 0 spiro atoms. The van der Waals surface area contributed by atoms with Crippen molar-refractivity contribution in [3.63, 3.8) is 0 Å². The van der Waals surface area contributed by atoms with Gasteiger partial charge in [0.2, 0.25) is 0 Å². The standard InChI is InChI=1S/C22H33N/c1-14-9-11-21(3)16(13-14)10-12-22(4)19-7-5-17(15(2)23)18(19)6-8-20(21)22/h13,17-20,23H,1,5-12H2,2-4H3. The number of hydrogen-bond donors (Lipinski definition) is 1. The maximum atomic E-state index is 8.20. The van der Waals surface area contributed by atoms with E-state index in [1.807, 2.05) is 0 Å². The summed E-state index contributed by atoms with van der Waals surface area (Å²) in [7, 11) is 0. The van der Waals surface area contributed by atoms with Gasteiger partial charge in [-0.05, 0) is 92.8 Å². The predicted molar refractivity (Wildman–Crippen MR) is 97.7 cm³/mol. The normalized spacial score (nSPS) is 49.0. The van der Waals surface area contributed by atoms with Crippen LogP contribution in [0.4, 0.5) is 0 Å². The lowest BCUT2D eigenvalue weighted by molar-refractivity contribution is -0.0761. The predicted octanol–water partition coefficient (Wildman–Crippen LogP) is 6.16. The number of nitrogens with one attached hydrogen (secondary N) is 1. The summed E-state index contributed by atoms with van der Waals surface area (Å²) >= 11 is 0. The zero-order valence-electron chi connectivity index (χ0n) is 15.3. The van der Waals surface area contributed by atoms with E-state index < -0.39 is 0 Å². The number of allylic oxidation sites excluding steroid dienone is 3. The van der Waals surface area contributed by atoms with Crippen molar-refractivity contribution in [2.24, 2.45) is 34.5 Å². The largest absolute Gasteiger partial charge is 0.310 e. The van der Waals surface area contributed by atoms with Gasteiger partial charge in [0.15, 0.2) is 0 Å². The minimum atomic E-state index is 0.428. The Balaban J connectivity index is 1.69. The molecule has 6 unspecified atom stereocenters. The molecule has 6 atom stereocenters. The number of fused-ring (bicyclic) bond motifs is 5.